The van der Waals surface area contributed by atoms with Crippen LogP contribution < -0.4 is 6.15 Å². The van der Waals surface area contributed by atoms with Gasteiger partial charge in [0.25, 0.3) is 0 Å². The van der Waals surface area contributed by atoms with E-state index in [1.54, 1.807) is 0 Å². The van der Waals surface area contributed by atoms with E-state index < -0.39 is 0 Å². The van der Waals surface area contributed by atoms with Gasteiger partial charge in [0, 0.05) is 4.32 Å². The van der Waals surface area contributed by atoms with Crippen LogP contribution in [-0.2, 0) is 0 Å². The first kappa shape index (κ1) is 14.9. The molecule has 3 N–H and O–H groups in total. The highest BCUT2D eigenvalue weighted by Crippen LogP contribution is 2.38. The van der Waals surface area contributed by atoms with Crippen molar-refractivity contribution in [2.24, 2.45) is 5.92 Å². The van der Waals surface area contributed by atoms with Crippen molar-refractivity contribution in [2.75, 3.05) is 0 Å². The van der Waals surface area contributed by atoms with Gasteiger partial charge in [0.05, 0.1) is 0 Å². The lowest BCUT2D eigenvalue weighted by atomic mass is 9.84. The van der Waals surface area contributed by atoms with Crippen molar-refractivity contribution in [3.8, 4) is 0 Å². The maximum Gasteiger partial charge on any atom is 0.0280 e. The summed E-state index contributed by atoms with van der Waals surface area (Å²) in [6, 6.07) is 0. The average molecular weight is 238 g/mol. The van der Waals surface area contributed by atoms with Gasteiger partial charge in [-0.2, -0.15) is 0 Å². The van der Waals surface area contributed by atoms with Crippen molar-refractivity contribution < 1.29 is 0 Å². The van der Waals surface area contributed by atoms with Crippen LogP contribution in [0.3, 0.4) is 0 Å². The molecule has 0 aliphatic heterocycles. The van der Waals surface area contributed by atoms with E-state index in [9.17, 15) is 0 Å². The van der Waals surface area contributed by atoms with Crippen molar-refractivity contribution in [3.05, 3.63) is 0 Å². The number of halogens is 1. The van der Waals surface area contributed by atoms with Gasteiger partial charge in [-0.05, 0) is 18.8 Å². The molecule has 0 aromatic rings. The van der Waals surface area contributed by atoms with Crippen molar-refractivity contribution in [3.63, 3.8) is 0 Å². The molecule has 0 aromatic heterocycles. The maximum absolute atomic E-state index is 3.87. The molecule has 0 radical (unpaired) electrons. The highest BCUT2D eigenvalue weighted by molar-refractivity contribution is 9.10. The predicted molar refractivity (Wildman–Crippen MR) is 61.3 cm³/mol. The van der Waals surface area contributed by atoms with Crippen LogP contribution in [0.15, 0.2) is 0 Å². The van der Waals surface area contributed by atoms with Crippen molar-refractivity contribution in [1.29, 1.82) is 0 Å². The molecule has 1 nitrogen and oxygen atoms in total. The molecule has 0 fully saturated rings. The van der Waals surface area contributed by atoms with E-state index in [0.717, 1.165) is 5.92 Å². The van der Waals surface area contributed by atoms with Crippen molar-refractivity contribution >= 4 is 15.9 Å². The van der Waals surface area contributed by atoms with E-state index in [-0.39, 0.29) is 6.15 Å². The second-order valence-corrected chi connectivity index (χ2v) is 4.83. The minimum absolute atomic E-state index is 0. The molecule has 0 aliphatic rings. The zero-order chi connectivity index (χ0) is 8.91. The molecule has 0 atom stereocenters. The van der Waals surface area contributed by atoms with E-state index in [1.807, 2.05) is 0 Å². The van der Waals surface area contributed by atoms with Gasteiger partial charge in [-0.15, -0.1) is 0 Å². The summed E-state index contributed by atoms with van der Waals surface area (Å²) >= 11 is 3.87. The monoisotopic (exact) mass is 237 g/mol. The molecule has 12 heavy (non-hydrogen) atoms. The minimum Gasteiger partial charge on any atom is -0.344 e. The fraction of sp³-hybridized carbons (Fsp3) is 1.00. The summed E-state index contributed by atoms with van der Waals surface area (Å²) in [4.78, 5) is 0. The number of rotatable bonds is 5. The summed E-state index contributed by atoms with van der Waals surface area (Å²) in [6.07, 6.45) is 5.08. The van der Waals surface area contributed by atoms with Crippen LogP contribution in [-0.4, -0.2) is 4.32 Å². The molecule has 0 aromatic carbocycles. The third-order valence-corrected chi connectivity index (χ3v) is 4.66. The first-order valence-electron chi connectivity index (χ1n) is 4.83. The van der Waals surface area contributed by atoms with Gasteiger partial charge in [0.15, 0.2) is 0 Å². The molecule has 0 heterocycles. The Labute approximate surface area is 86.0 Å². The van der Waals surface area contributed by atoms with Crippen LogP contribution in [0.25, 0.3) is 0 Å². The SMILES string of the molecule is CCC(CC)C(Br)(CC)CC.N. The number of hydrogen-bond donors (Lipinski definition) is 1. The molecule has 0 bridgehead atoms. The quantitative estimate of drug-likeness (QED) is 0.701. The Morgan fingerprint density at radius 2 is 1.33 bits per heavy atom. The van der Waals surface area contributed by atoms with Gasteiger partial charge in [0.1, 0.15) is 0 Å². The molecule has 0 saturated carbocycles. The summed E-state index contributed by atoms with van der Waals surface area (Å²) < 4.78 is 0.413. The molecule has 0 unspecified atom stereocenters. The largest absolute Gasteiger partial charge is 0.344 e. The van der Waals surface area contributed by atoms with E-state index in [1.165, 1.54) is 25.7 Å². The van der Waals surface area contributed by atoms with Gasteiger partial charge in [0.2, 0.25) is 0 Å². The number of hydrogen-bond acceptors (Lipinski definition) is 1. The second kappa shape index (κ2) is 6.90. The van der Waals surface area contributed by atoms with Gasteiger partial charge >= 0.3 is 0 Å². The normalized spacial score (nSPS) is 11.5. The smallest absolute Gasteiger partial charge is 0.0280 e. The lowest BCUT2D eigenvalue weighted by molar-refractivity contribution is 0.343. The van der Waals surface area contributed by atoms with Gasteiger partial charge in [-0.3, -0.25) is 0 Å². The summed E-state index contributed by atoms with van der Waals surface area (Å²) in [7, 11) is 0. The lowest BCUT2D eigenvalue weighted by Gasteiger charge is -2.33. The Kier molecular flexibility index (Phi) is 8.59. The Morgan fingerprint density at radius 1 is 1.00 bits per heavy atom. The summed E-state index contributed by atoms with van der Waals surface area (Å²) in [6.45, 7) is 9.12. The fourth-order valence-electron chi connectivity index (χ4n) is 1.85. The molecule has 0 rings (SSSR count). The fourth-order valence-corrected chi connectivity index (χ4v) is 2.50. The third-order valence-electron chi connectivity index (χ3n) is 2.89. The molecule has 2 heteroatoms. The van der Waals surface area contributed by atoms with Gasteiger partial charge < -0.3 is 6.15 Å². The van der Waals surface area contributed by atoms with Crippen LogP contribution in [0, 0.1) is 5.92 Å². The molecular weight excluding hydrogens is 214 g/mol. The second-order valence-electron chi connectivity index (χ2n) is 3.26. The van der Waals surface area contributed by atoms with E-state index >= 15 is 0 Å². The topological polar surface area (TPSA) is 35.0 Å². The first-order chi connectivity index (χ1) is 5.14. The molecule has 0 aliphatic carbocycles. The molecule has 76 valence electrons. The number of alkyl halides is 1. The molecular formula is C10H24BrN. The Balaban J connectivity index is 0. The molecule has 0 spiro atoms. The zero-order valence-corrected chi connectivity index (χ0v) is 10.6. The highest BCUT2D eigenvalue weighted by atomic mass is 79.9. The third kappa shape index (κ3) is 3.44. The first-order valence-corrected chi connectivity index (χ1v) is 5.62. The Bertz CT molecular complexity index is 96.0. The van der Waals surface area contributed by atoms with Crippen LogP contribution >= 0.6 is 15.9 Å². The molecule has 0 amide bonds. The predicted octanol–water partition coefficient (Wildman–Crippen LogP) is 4.54. The average Bonchev–Trinajstić information content (AvgIpc) is 2.06. The van der Waals surface area contributed by atoms with Crippen molar-refractivity contribution in [2.45, 2.75) is 57.7 Å². The Morgan fingerprint density at radius 3 is 1.42 bits per heavy atom. The highest BCUT2D eigenvalue weighted by Gasteiger charge is 2.29. The van der Waals surface area contributed by atoms with Crippen molar-refractivity contribution in [1.82, 2.24) is 6.15 Å². The Hall–Kier alpha value is 0.440. The lowest BCUT2D eigenvalue weighted by Crippen LogP contribution is -2.29. The van der Waals surface area contributed by atoms with E-state index in [4.69, 9.17) is 0 Å². The standard InChI is InChI=1S/C10H21Br.H3N/c1-5-9(6-2)10(11,7-3)8-4;/h9H,5-8H2,1-4H3;1H3. The van der Waals surface area contributed by atoms with E-state index in [2.05, 4.69) is 43.6 Å². The summed E-state index contributed by atoms with van der Waals surface area (Å²) in [5.74, 6) is 0.845. The summed E-state index contributed by atoms with van der Waals surface area (Å²) in [5, 5.41) is 0. The summed E-state index contributed by atoms with van der Waals surface area (Å²) in [5.41, 5.74) is 0. The van der Waals surface area contributed by atoms with E-state index in [0.29, 0.717) is 4.32 Å². The van der Waals surface area contributed by atoms with Crippen LogP contribution in [0.1, 0.15) is 53.4 Å². The van der Waals surface area contributed by atoms with Crippen LogP contribution in [0.2, 0.25) is 0 Å². The van der Waals surface area contributed by atoms with Gasteiger partial charge in [-0.25, -0.2) is 0 Å². The van der Waals surface area contributed by atoms with Gasteiger partial charge in [-0.1, -0.05) is 56.5 Å². The molecule has 0 saturated heterocycles. The zero-order valence-electron chi connectivity index (χ0n) is 8.99. The minimum atomic E-state index is 0. The van der Waals surface area contributed by atoms with Crippen LogP contribution in [0.5, 0.6) is 0 Å². The maximum atomic E-state index is 3.87. The van der Waals surface area contributed by atoms with Crippen LogP contribution in [0.4, 0.5) is 0 Å².